The third kappa shape index (κ3) is 5.98. The number of ether oxygens (including phenoxy) is 2. The minimum Gasteiger partial charge on any atom is -0.463 e. The lowest BCUT2D eigenvalue weighted by atomic mass is 10.3. The quantitative estimate of drug-likeness (QED) is 0.571. The molecule has 0 aromatic carbocycles. The van der Waals surface area contributed by atoms with Crippen molar-refractivity contribution in [2.45, 2.75) is 25.9 Å². The Morgan fingerprint density at radius 3 is 2.65 bits per heavy atom. The van der Waals surface area contributed by atoms with Crippen LogP contribution in [-0.4, -0.2) is 60.1 Å². The standard InChI is InChI=1S/C12H23N5O3/c1-4-7-20-12-16-10(13-2)15-11(17-12)14-6-5-9(18)8-19-3/h9,18H,4-8H2,1-3H3,(H2,13,14,15,16,17). The first kappa shape index (κ1) is 16.4. The van der Waals surface area contributed by atoms with E-state index in [1.54, 1.807) is 14.2 Å². The van der Waals surface area contributed by atoms with Crippen molar-refractivity contribution in [3.05, 3.63) is 0 Å². The van der Waals surface area contributed by atoms with Gasteiger partial charge in [-0.05, 0) is 12.8 Å². The molecular weight excluding hydrogens is 262 g/mol. The van der Waals surface area contributed by atoms with Gasteiger partial charge in [-0.25, -0.2) is 0 Å². The molecule has 114 valence electrons. The summed E-state index contributed by atoms with van der Waals surface area (Å²) < 4.78 is 10.2. The SMILES string of the molecule is CCCOc1nc(NC)nc(NCCC(O)COC)n1. The maximum atomic E-state index is 9.54. The van der Waals surface area contributed by atoms with Crippen LogP contribution in [0.25, 0.3) is 0 Å². The molecule has 0 aliphatic heterocycles. The number of nitrogens with zero attached hydrogens (tertiary/aromatic N) is 3. The molecule has 1 aromatic rings. The highest BCUT2D eigenvalue weighted by molar-refractivity contribution is 5.35. The average Bonchev–Trinajstić information content (AvgIpc) is 2.45. The molecule has 0 spiro atoms. The fourth-order valence-electron chi connectivity index (χ4n) is 1.43. The van der Waals surface area contributed by atoms with Crippen LogP contribution in [0.2, 0.25) is 0 Å². The average molecular weight is 285 g/mol. The second-order valence-corrected chi connectivity index (χ2v) is 4.19. The summed E-state index contributed by atoms with van der Waals surface area (Å²) in [5.74, 6) is 0.853. The van der Waals surface area contributed by atoms with E-state index in [1.807, 2.05) is 6.92 Å². The summed E-state index contributed by atoms with van der Waals surface area (Å²) in [6, 6.07) is 0.283. The van der Waals surface area contributed by atoms with Crippen molar-refractivity contribution in [2.75, 3.05) is 44.5 Å². The Kier molecular flexibility index (Phi) is 7.59. The first-order valence-corrected chi connectivity index (χ1v) is 6.67. The van der Waals surface area contributed by atoms with Crippen molar-refractivity contribution in [1.29, 1.82) is 0 Å². The zero-order chi connectivity index (χ0) is 14.8. The number of hydrogen-bond donors (Lipinski definition) is 3. The van der Waals surface area contributed by atoms with Crippen LogP contribution < -0.4 is 15.4 Å². The maximum Gasteiger partial charge on any atom is 0.323 e. The number of methoxy groups -OCH3 is 1. The minimum atomic E-state index is -0.506. The Labute approximate surface area is 118 Å². The smallest absolute Gasteiger partial charge is 0.323 e. The van der Waals surface area contributed by atoms with E-state index in [4.69, 9.17) is 9.47 Å². The zero-order valence-electron chi connectivity index (χ0n) is 12.2. The summed E-state index contributed by atoms with van der Waals surface area (Å²) in [7, 11) is 3.28. The molecule has 1 unspecified atom stereocenters. The van der Waals surface area contributed by atoms with Crippen LogP contribution in [-0.2, 0) is 4.74 Å². The summed E-state index contributed by atoms with van der Waals surface area (Å²) in [6.07, 6.45) is 0.917. The Morgan fingerprint density at radius 1 is 1.25 bits per heavy atom. The normalized spacial score (nSPS) is 12.0. The van der Waals surface area contributed by atoms with Crippen molar-refractivity contribution in [2.24, 2.45) is 0 Å². The molecule has 8 heteroatoms. The summed E-state index contributed by atoms with van der Waals surface area (Å²) in [5.41, 5.74) is 0. The Hall–Kier alpha value is -1.67. The third-order valence-electron chi connectivity index (χ3n) is 2.39. The van der Waals surface area contributed by atoms with Gasteiger partial charge in [-0.1, -0.05) is 6.92 Å². The second kappa shape index (κ2) is 9.27. The highest BCUT2D eigenvalue weighted by Crippen LogP contribution is 2.11. The number of aromatic nitrogens is 3. The molecule has 8 nitrogen and oxygen atoms in total. The molecule has 0 fully saturated rings. The molecule has 1 heterocycles. The van der Waals surface area contributed by atoms with Gasteiger partial charge in [0.25, 0.3) is 0 Å². The van der Waals surface area contributed by atoms with Crippen LogP contribution in [0.1, 0.15) is 19.8 Å². The molecule has 1 atom stereocenters. The lowest BCUT2D eigenvalue weighted by Gasteiger charge is -2.11. The van der Waals surface area contributed by atoms with E-state index in [1.165, 1.54) is 0 Å². The van der Waals surface area contributed by atoms with Gasteiger partial charge < -0.3 is 25.2 Å². The topological polar surface area (TPSA) is 101 Å². The lowest BCUT2D eigenvalue weighted by molar-refractivity contribution is 0.0615. The number of anilines is 2. The Morgan fingerprint density at radius 2 is 2.00 bits per heavy atom. The highest BCUT2D eigenvalue weighted by Gasteiger charge is 2.07. The highest BCUT2D eigenvalue weighted by atomic mass is 16.5. The lowest BCUT2D eigenvalue weighted by Crippen LogP contribution is -2.19. The van der Waals surface area contributed by atoms with Crippen molar-refractivity contribution in [3.63, 3.8) is 0 Å². The molecule has 0 bridgehead atoms. The first-order chi connectivity index (χ1) is 9.69. The Bertz CT molecular complexity index is 391. The molecule has 0 saturated heterocycles. The summed E-state index contributed by atoms with van der Waals surface area (Å²) in [6.45, 7) is 3.41. The summed E-state index contributed by atoms with van der Waals surface area (Å²) in [5, 5.41) is 15.4. The molecule has 0 saturated carbocycles. The van der Waals surface area contributed by atoms with Crippen molar-refractivity contribution in [1.82, 2.24) is 15.0 Å². The summed E-state index contributed by atoms with van der Waals surface area (Å²) >= 11 is 0. The minimum absolute atomic E-state index is 0.283. The molecule has 1 rings (SSSR count). The molecule has 3 N–H and O–H groups in total. The predicted octanol–water partition coefficient (Wildman–Crippen LogP) is 0.511. The number of aliphatic hydroxyl groups excluding tert-OH is 1. The molecule has 0 aliphatic carbocycles. The predicted molar refractivity (Wildman–Crippen MR) is 76.1 cm³/mol. The van der Waals surface area contributed by atoms with Gasteiger partial charge in [0.05, 0.1) is 19.3 Å². The fraction of sp³-hybridized carbons (Fsp3) is 0.750. The molecule has 20 heavy (non-hydrogen) atoms. The third-order valence-corrected chi connectivity index (χ3v) is 2.39. The van der Waals surface area contributed by atoms with E-state index >= 15 is 0 Å². The van der Waals surface area contributed by atoms with Gasteiger partial charge in [-0.3, -0.25) is 0 Å². The molecule has 0 amide bonds. The Balaban J connectivity index is 2.54. The van der Waals surface area contributed by atoms with Gasteiger partial charge in [-0.2, -0.15) is 15.0 Å². The van der Waals surface area contributed by atoms with Crippen LogP contribution in [0.4, 0.5) is 11.9 Å². The van der Waals surface area contributed by atoms with E-state index in [2.05, 4.69) is 25.6 Å². The van der Waals surface area contributed by atoms with E-state index in [9.17, 15) is 5.11 Å². The van der Waals surface area contributed by atoms with Crippen LogP contribution in [0, 0.1) is 0 Å². The number of rotatable bonds is 10. The number of nitrogens with one attached hydrogen (secondary N) is 2. The van der Waals surface area contributed by atoms with E-state index < -0.39 is 6.10 Å². The maximum absolute atomic E-state index is 9.54. The fourth-order valence-corrected chi connectivity index (χ4v) is 1.43. The monoisotopic (exact) mass is 285 g/mol. The second-order valence-electron chi connectivity index (χ2n) is 4.19. The zero-order valence-corrected chi connectivity index (χ0v) is 12.2. The van der Waals surface area contributed by atoms with Gasteiger partial charge in [0.2, 0.25) is 11.9 Å². The van der Waals surface area contributed by atoms with Crippen LogP contribution >= 0.6 is 0 Å². The summed E-state index contributed by atoms with van der Waals surface area (Å²) in [4.78, 5) is 12.4. The van der Waals surface area contributed by atoms with E-state index in [0.29, 0.717) is 38.1 Å². The van der Waals surface area contributed by atoms with Gasteiger partial charge in [-0.15, -0.1) is 0 Å². The molecule has 0 aliphatic rings. The number of hydrogen-bond acceptors (Lipinski definition) is 8. The van der Waals surface area contributed by atoms with Crippen LogP contribution in [0.3, 0.4) is 0 Å². The number of aliphatic hydroxyl groups is 1. The van der Waals surface area contributed by atoms with Crippen LogP contribution in [0.5, 0.6) is 6.01 Å². The first-order valence-electron chi connectivity index (χ1n) is 6.67. The van der Waals surface area contributed by atoms with Gasteiger partial charge in [0, 0.05) is 20.7 Å². The molecular formula is C12H23N5O3. The van der Waals surface area contributed by atoms with Gasteiger partial charge in [0.1, 0.15) is 0 Å². The van der Waals surface area contributed by atoms with Crippen molar-refractivity contribution in [3.8, 4) is 6.01 Å². The molecule has 1 aromatic heterocycles. The van der Waals surface area contributed by atoms with Gasteiger partial charge in [0.15, 0.2) is 0 Å². The molecule has 0 radical (unpaired) electrons. The largest absolute Gasteiger partial charge is 0.463 e. The van der Waals surface area contributed by atoms with E-state index in [-0.39, 0.29) is 6.01 Å². The van der Waals surface area contributed by atoms with Crippen LogP contribution in [0.15, 0.2) is 0 Å². The van der Waals surface area contributed by atoms with Crippen molar-refractivity contribution < 1.29 is 14.6 Å². The van der Waals surface area contributed by atoms with Crippen molar-refractivity contribution >= 4 is 11.9 Å². The van der Waals surface area contributed by atoms with Gasteiger partial charge >= 0.3 is 6.01 Å². The van der Waals surface area contributed by atoms with E-state index in [0.717, 1.165) is 6.42 Å².